The molecular formula is C31H30N2O4. The highest BCUT2D eigenvalue weighted by Crippen LogP contribution is 2.50. The summed E-state index contributed by atoms with van der Waals surface area (Å²) in [4.78, 5) is 42.7. The van der Waals surface area contributed by atoms with Crippen molar-refractivity contribution in [1.82, 2.24) is 5.32 Å². The lowest BCUT2D eigenvalue weighted by Crippen LogP contribution is -2.54. The van der Waals surface area contributed by atoms with Crippen molar-refractivity contribution in [2.75, 3.05) is 4.90 Å². The summed E-state index contributed by atoms with van der Waals surface area (Å²) in [7, 11) is 0. The van der Waals surface area contributed by atoms with Gasteiger partial charge in [-0.2, -0.15) is 0 Å². The summed E-state index contributed by atoms with van der Waals surface area (Å²) in [6, 6.07) is 23.5. The number of carbonyl (C=O) groups is 3. The maximum absolute atomic E-state index is 14.2. The number of hydrogen-bond donors (Lipinski definition) is 2. The molecular weight excluding hydrogens is 464 g/mol. The summed E-state index contributed by atoms with van der Waals surface area (Å²) in [5.41, 5.74) is 2.03. The molecule has 2 amide bonds. The summed E-state index contributed by atoms with van der Waals surface area (Å²) in [6.07, 6.45) is 4.99. The van der Waals surface area contributed by atoms with Crippen molar-refractivity contribution in [2.24, 2.45) is 11.8 Å². The molecule has 3 aromatic carbocycles. The molecule has 2 N–H and O–H groups in total. The van der Waals surface area contributed by atoms with Gasteiger partial charge in [0.15, 0.2) is 5.54 Å². The number of nitrogens with one attached hydrogen (secondary N) is 1. The van der Waals surface area contributed by atoms with Crippen LogP contribution in [0.1, 0.15) is 36.1 Å². The average Bonchev–Trinajstić information content (AvgIpc) is 3.41. The number of nitrogens with zero attached hydrogens (tertiary/aromatic N) is 1. The number of imide groups is 1. The molecule has 0 aromatic heterocycles. The van der Waals surface area contributed by atoms with Crippen LogP contribution >= 0.6 is 0 Å². The molecule has 0 bridgehead atoms. The molecule has 4 atom stereocenters. The van der Waals surface area contributed by atoms with E-state index in [1.54, 1.807) is 30.3 Å². The van der Waals surface area contributed by atoms with Crippen LogP contribution in [0.25, 0.3) is 6.08 Å². The van der Waals surface area contributed by atoms with Crippen molar-refractivity contribution >= 4 is 29.5 Å². The normalized spacial score (nSPS) is 25.1. The summed E-state index contributed by atoms with van der Waals surface area (Å²) >= 11 is 0. The minimum atomic E-state index is -1.74. The van der Waals surface area contributed by atoms with Crippen LogP contribution in [0.15, 0.2) is 84.9 Å². The molecule has 188 valence electrons. The molecule has 2 aliphatic rings. The number of carboxylic acid groups (broad SMARTS) is 1. The van der Waals surface area contributed by atoms with Crippen molar-refractivity contribution in [3.63, 3.8) is 0 Å². The highest BCUT2D eigenvalue weighted by atomic mass is 16.4. The molecule has 0 radical (unpaired) electrons. The van der Waals surface area contributed by atoms with Gasteiger partial charge in [-0.05, 0) is 35.1 Å². The Balaban J connectivity index is 1.69. The second-order valence-electron chi connectivity index (χ2n) is 9.57. The lowest BCUT2D eigenvalue weighted by molar-refractivity contribution is -0.149. The topological polar surface area (TPSA) is 86.7 Å². The van der Waals surface area contributed by atoms with E-state index in [0.717, 1.165) is 16.7 Å². The van der Waals surface area contributed by atoms with Gasteiger partial charge in [0, 0.05) is 6.04 Å². The number of hydrogen-bond acceptors (Lipinski definition) is 4. The fourth-order valence-corrected chi connectivity index (χ4v) is 5.90. The van der Waals surface area contributed by atoms with Crippen LogP contribution in [0.3, 0.4) is 0 Å². The van der Waals surface area contributed by atoms with Gasteiger partial charge >= 0.3 is 5.97 Å². The number of benzene rings is 3. The second-order valence-corrected chi connectivity index (χ2v) is 9.57. The predicted octanol–water partition coefficient (Wildman–Crippen LogP) is 4.58. The van der Waals surface area contributed by atoms with Crippen LogP contribution in [-0.4, -0.2) is 28.9 Å². The highest BCUT2D eigenvalue weighted by molar-refractivity contribution is 6.25. The molecule has 2 saturated heterocycles. The largest absolute Gasteiger partial charge is 0.480 e. The van der Waals surface area contributed by atoms with Gasteiger partial charge in [-0.15, -0.1) is 0 Å². The summed E-state index contributed by atoms with van der Waals surface area (Å²) in [6.45, 7) is 3.98. The van der Waals surface area contributed by atoms with Gasteiger partial charge in [-0.3, -0.25) is 14.9 Å². The molecule has 3 aromatic rings. The molecule has 0 saturated carbocycles. The fourth-order valence-electron chi connectivity index (χ4n) is 5.90. The minimum absolute atomic E-state index is 0.361. The Morgan fingerprint density at radius 3 is 2.05 bits per heavy atom. The van der Waals surface area contributed by atoms with E-state index >= 15 is 0 Å². The van der Waals surface area contributed by atoms with Crippen LogP contribution in [0.4, 0.5) is 5.69 Å². The maximum atomic E-state index is 14.2. The standard InChI is InChI=1S/C31H30N2O4/c1-3-21-14-11-15-22(4-2)27(21)33-28(34)25-24(19-18-20-12-7-5-8-13-20)32-31(30(36)37,26(25)29(33)35)23-16-9-6-10-17-23/h5-19,24-26,32H,3-4H2,1-2H3,(H,36,37). The zero-order chi connectivity index (χ0) is 26.2. The van der Waals surface area contributed by atoms with E-state index in [1.165, 1.54) is 4.90 Å². The molecule has 4 unspecified atom stereocenters. The lowest BCUT2D eigenvalue weighted by Gasteiger charge is -2.32. The zero-order valence-corrected chi connectivity index (χ0v) is 20.9. The first kappa shape index (κ1) is 24.7. The third-order valence-electron chi connectivity index (χ3n) is 7.65. The van der Waals surface area contributed by atoms with Crippen LogP contribution in [0.2, 0.25) is 0 Å². The molecule has 2 aliphatic heterocycles. The van der Waals surface area contributed by atoms with Crippen molar-refractivity contribution in [2.45, 2.75) is 38.3 Å². The van der Waals surface area contributed by atoms with Gasteiger partial charge in [0.1, 0.15) is 0 Å². The van der Waals surface area contributed by atoms with E-state index in [4.69, 9.17) is 0 Å². The summed E-state index contributed by atoms with van der Waals surface area (Å²) in [5, 5.41) is 13.9. The Morgan fingerprint density at radius 1 is 0.892 bits per heavy atom. The number of anilines is 1. The molecule has 0 aliphatic carbocycles. The summed E-state index contributed by atoms with van der Waals surface area (Å²) < 4.78 is 0. The van der Waals surface area contributed by atoms with Crippen LogP contribution in [-0.2, 0) is 32.8 Å². The van der Waals surface area contributed by atoms with Crippen molar-refractivity contribution in [3.05, 3.63) is 107 Å². The van der Waals surface area contributed by atoms with Crippen molar-refractivity contribution < 1.29 is 19.5 Å². The SMILES string of the molecule is CCc1cccc(CC)c1N1C(=O)C2C(C=Cc3ccccc3)NC(C(=O)O)(c3ccccc3)C2C1=O. The van der Waals surface area contributed by atoms with E-state index in [2.05, 4.69) is 5.32 Å². The van der Waals surface area contributed by atoms with Gasteiger partial charge in [-0.25, -0.2) is 9.69 Å². The third-order valence-corrected chi connectivity index (χ3v) is 7.65. The molecule has 6 heteroatoms. The Hall–Kier alpha value is -4.03. The first-order valence-electron chi connectivity index (χ1n) is 12.7. The Bertz CT molecular complexity index is 1350. The number of fused-ring (bicyclic) bond motifs is 1. The Morgan fingerprint density at radius 2 is 1.49 bits per heavy atom. The number of amides is 2. The number of carboxylic acids is 1. The van der Waals surface area contributed by atoms with Crippen LogP contribution in [0.5, 0.6) is 0 Å². The van der Waals surface area contributed by atoms with Crippen LogP contribution < -0.4 is 10.2 Å². The fraction of sp³-hybridized carbons (Fsp3) is 0.258. The highest BCUT2D eigenvalue weighted by Gasteiger charge is 2.69. The minimum Gasteiger partial charge on any atom is -0.480 e. The second kappa shape index (κ2) is 9.79. The van der Waals surface area contributed by atoms with Gasteiger partial charge in [0.2, 0.25) is 11.8 Å². The zero-order valence-electron chi connectivity index (χ0n) is 20.9. The van der Waals surface area contributed by atoms with E-state index in [-0.39, 0.29) is 5.91 Å². The first-order valence-corrected chi connectivity index (χ1v) is 12.7. The molecule has 6 nitrogen and oxygen atoms in total. The predicted molar refractivity (Wildman–Crippen MR) is 143 cm³/mol. The maximum Gasteiger partial charge on any atom is 0.329 e. The summed E-state index contributed by atoms with van der Waals surface area (Å²) in [5.74, 6) is -3.97. The van der Waals surface area contributed by atoms with E-state index in [0.29, 0.717) is 24.1 Å². The van der Waals surface area contributed by atoms with Gasteiger partial charge in [0.05, 0.1) is 17.5 Å². The molecule has 37 heavy (non-hydrogen) atoms. The van der Waals surface area contributed by atoms with E-state index < -0.39 is 35.3 Å². The van der Waals surface area contributed by atoms with E-state index in [1.807, 2.05) is 74.5 Å². The quantitative estimate of drug-likeness (QED) is 0.470. The number of carbonyl (C=O) groups excluding carboxylic acids is 2. The van der Waals surface area contributed by atoms with Crippen molar-refractivity contribution in [1.29, 1.82) is 0 Å². The molecule has 0 spiro atoms. The number of para-hydroxylation sites is 1. The average molecular weight is 495 g/mol. The van der Waals surface area contributed by atoms with Gasteiger partial charge < -0.3 is 5.11 Å². The Labute approximate surface area is 216 Å². The molecule has 2 heterocycles. The van der Waals surface area contributed by atoms with Gasteiger partial charge in [0.25, 0.3) is 0 Å². The first-order chi connectivity index (χ1) is 17.9. The number of aryl methyl sites for hydroxylation is 2. The number of rotatable bonds is 7. The third kappa shape index (κ3) is 3.89. The number of aliphatic carboxylic acids is 1. The lowest BCUT2D eigenvalue weighted by atomic mass is 9.76. The smallest absolute Gasteiger partial charge is 0.329 e. The van der Waals surface area contributed by atoms with Crippen LogP contribution in [0, 0.1) is 11.8 Å². The molecule has 5 rings (SSSR count). The van der Waals surface area contributed by atoms with Crippen molar-refractivity contribution in [3.8, 4) is 0 Å². The van der Waals surface area contributed by atoms with Gasteiger partial charge in [-0.1, -0.05) is 105 Å². The van der Waals surface area contributed by atoms with E-state index in [9.17, 15) is 19.5 Å². The Kier molecular flexibility index (Phi) is 6.52. The monoisotopic (exact) mass is 494 g/mol. The molecule has 2 fully saturated rings.